The maximum Gasteiger partial charge on any atom is 0.341 e. The van der Waals surface area contributed by atoms with E-state index >= 15 is 0 Å². The van der Waals surface area contributed by atoms with Crippen LogP contribution in [0.5, 0.6) is 17.2 Å². The molecule has 0 spiro atoms. The standard InChI is InChI=1S/C16H16ClNO7S/c1-23-13-8-15(14(24-2)7-12(13)17)26(21,22)18-10-3-5-11(6-4-10)25-9-16(19)20/h3-8,18H,9H2,1-2H3,(H,19,20). The number of anilines is 1. The Labute approximate surface area is 155 Å². The lowest BCUT2D eigenvalue weighted by Crippen LogP contribution is -2.14. The first-order valence-corrected chi connectivity index (χ1v) is 9.02. The number of carboxylic acid groups (broad SMARTS) is 1. The van der Waals surface area contributed by atoms with Gasteiger partial charge in [0.15, 0.2) is 6.61 Å². The largest absolute Gasteiger partial charge is 0.495 e. The minimum atomic E-state index is -3.99. The number of rotatable bonds is 8. The Balaban J connectivity index is 2.27. The molecule has 0 aliphatic heterocycles. The van der Waals surface area contributed by atoms with Crippen molar-refractivity contribution in [1.82, 2.24) is 0 Å². The van der Waals surface area contributed by atoms with Gasteiger partial charge in [-0.2, -0.15) is 0 Å². The molecule has 0 saturated heterocycles. The van der Waals surface area contributed by atoms with E-state index in [0.29, 0.717) is 5.75 Å². The van der Waals surface area contributed by atoms with Crippen molar-refractivity contribution in [2.24, 2.45) is 0 Å². The summed E-state index contributed by atoms with van der Waals surface area (Å²) in [5.41, 5.74) is 0.253. The molecule has 0 amide bonds. The van der Waals surface area contributed by atoms with Crippen molar-refractivity contribution in [2.75, 3.05) is 25.5 Å². The zero-order valence-electron chi connectivity index (χ0n) is 13.9. The number of nitrogens with one attached hydrogen (secondary N) is 1. The van der Waals surface area contributed by atoms with Crippen LogP contribution < -0.4 is 18.9 Å². The SMILES string of the molecule is COc1cc(S(=O)(=O)Nc2ccc(OCC(=O)O)cc2)c(OC)cc1Cl. The Hall–Kier alpha value is -2.65. The predicted octanol–water partition coefficient (Wildman–Crippen LogP) is 2.62. The molecule has 0 atom stereocenters. The second-order valence-electron chi connectivity index (χ2n) is 4.95. The zero-order valence-corrected chi connectivity index (χ0v) is 15.4. The fourth-order valence-electron chi connectivity index (χ4n) is 2.02. The number of sulfonamides is 1. The molecule has 0 heterocycles. The average molecular weight is 402 g/mol. The van der Waals surface area contributed by atoms with Crippen LogP contribution in [0, 0.1) is 0 Å². The number of methoxy groups -OCH3 is 2. The van der Waals surface area contributed by atoms with Crippen molar-refractivity contribution in [3.63, 3.8) is 0 Å². The van der Waals surface area contributed by atoms with E-state index in [0.717, 1.165) is 0 Å². The van der Waals surface area contributed by atoms with Gasteiger partial charge in [0.2, 0.25) is 0 Å². The summed E-state index contributed by atoms with van der Waals surface area (Å²) in [5, 5.41) is 8.78. The number of carbonyl (C=O) groups is 1. The molecule has 0 bridgehead atoms. The van der Waals surface area contributed by atoms with E-state index in [1.807, 2.05) is 0 Å². The van der Waals surface area contributed by atoms with Gasteiger partial charge in [-0.05, 0) is 24.3 Å². The molecule has 0 aliphatic carbocycles. The van der Waals surface area contributed by atoms with Crippen LogP contribution in [0.2, 0.25) is 5.02 Å². The van der Waals surface area contributed by atoms with Gasteiger partial charge in [0.05, 0.1) is 19.2 Å². The van der Waals surface area contributed by atoms with Crippen LogP contribution in [0.25, 0.3) is 0 Å². The molecule has 10 heteroatoms. The predicted molar refractivity (Wildman–Crippen MR) is 94.9 cm³/mol. The van der Waals surface area contributed by atoms with Gasteiger partial charge in [0.25, 0.3) is 10.0 Å². The van der Waals surface area contributed by atoms with Crippen molar-refractivity contribution in [3.05, 3.63) is 41.4 Å². The second kappa shape index (κ2) is 8.15. The van der Waals surface area contributed by atoms with Gasteiger partial charge in [0, 0.05) is 17.8 Å². The van der Waals surface area contributed by atoms with Crippen LogP contribution in [0.1, 0.15) is 0 Å². The molecule has 8 nitrogen and oxygen atoms in total. The molecule has 0 radical (unpaired) electrons. The van der Waals surface area contributed by atoms with Gasteiger partial charge >= 0.3 is 5.97 Å². The molecule has 140 valence electrons. The summed E-state index contributed by atoms with van der Waals surface area (Å²) in [6.07, 6.45) is 0. The minimum absolute atomic E-state index is 0.0599. The van der Waals surface area contributed by atoms with E-state index < -0.39 is 22.6 Å². The summed E-state index contributed by atoms with van der Waals surface area (Å²) in [6.45, 7) is -0.493. The van der Waals surface area contributed by atoms with Crippen molar-refractivity contribution in [3.8, 4) is 17.2 Å². The molecule has 0 saturated carbocycles. The third kappa shape index (κ3) is 4.70. The number of benzene rings is 2. The number of halogens is 1. The van der Waals surface area contributed by atoms with Gasteiger partial charge < -0.3 is 19.3 Å². The molecule has 2 N–H and O–H groups in total. The Morgan fingerprint density at radius 1 is 1.12 bits per heavy atom. The van der Waals surface area contributed by atoms with Crippen LogP contribution >= 0.6 is 11.6 Å². The molecule has 26 heavy (non-hydrogen) atoms. The maximum absolute atomic E-state index is 12.7. The molecule has 0 unspecified atom stereocenters. The van der Waals surface area contributed by atoms with Crippen LogP contribution in [0.3, 0.4) is 0 Å². The van der Waals surface area contributed by atoms with Crippen molar-refractivity contribution < 1.29 is 32.5 Å². The summed E-state index contributed by atoms with van der Waals surface area (Å²) in [4.78, 5) is 10.3. The average Bonchev–Trinajstić information content (AvgIpc) is 2.60. The Morgan fingerprint density at radius 2 is 1.73 bits per heavy atom. The van der Waals surface area contributed by atoms with Crippen molar-refractivity contribution >= 4 is 33.3 Å². The number of hydrogen-bond donors (Lipinski definition) is 2. The third-order valence-electron chi connectivity index (χ3n) is 3.20. The van der Waals surface area contributed by atoms with Gasteiger partial charge in [0.1, 0.15) is 22.1 Å². The molecule has 2 rings (SSSR count). The van der Waals surface area contributed by atoms with E-state index in [1.54, 1.807) is 0 Å². The van der Waals surface area contributed by atoms with Crippen molar-refractivity contribution in [2.45, 2.75) is 4.90 Å². The van der Waals surface area contributed by atoms with Crippen LogP contribution in [0.4, 0.5) is 5.69 Å². The third-order valence-corrected chi connectivity index (χ3v) is 4.89. The lowest BCUT2D eigenvalue weighted by Gasteiger charge is -2.14. The highest BCUT2D eigenvalue weighted by atomic mass is 35.5. The normalized spacial score (nSPS) is 10.9. The summed E-state index contributed by atoms with van der Waals surface area (Å²) in [6, 6.07) is 8.37. The maximum atomic E-state index is 12.7. The van der Waals surface area contributed by atoms with E-state index in [4.69, 9.17) is 30.9 Å². The molecule has 0 aromatic heterocycles. The molecular weight excluding hydrogens is 386 g/mol. The first-order chi connectivity index (χ1) is 12.3. The molecular formula is C16H16ClNO7S. The topological polar surface area (TPSA) is 111 Å². The van der Waals surface area contributed by atoms with Crippen LogP contribution in [-0.2, 0) is 14.8 Å². The van der Waals surface area contributed by atoms with Crippen LogP contribution in [-0.4, -0.2) is 40.3 Å². The minimum Gasteiger partial charge on any atom is -0.495 e. The summed E-state index contributed by atoms with van der Waals surface area (Å²) < 4.78 is 42.8. The first kappa shape index (κ1) is 19.7. The highest BCUT2D eigenvalue weighted by Gasteiger charge is 2.22. The van der Waals surface area contributed by atoms with Gasteiger partial charge in [-0.3, -0.25) is 4.72 Å². The van der Waals surface area contributed by atoms with E-state index in [2.05, 4.69) is 4.72 Å². The number of aliphatic carboxylic acids is 1. The smallest absolute Gasteiger partial charge is 0.341 e. The number of carboxylic acids is 1. The Bertz CT molecular complexity index is 898. The van der Waals surface area contributed by atoms with Gasteiger partial charge in [-0.1, -0.05) is 11.6 Å². The summed E-state index contributed by atoms with van der Waals surface area (Å²) >= 11 is 5.98. The van der Waals surface area contributed by atoms with Gasteiger partial charge in [-0.15, -0.1) is 0 Å². The van der Waals surface area contributed by atoms with E-state index in [-0.39, 0.29) is 27.1 Å². The fraction of sp³-hybridized carbons (Fsp3) is 0.188. The molecule has 0 fully saturated rings. The lowest BCUT2D eigenvalue weighted by atomic mass is 10.3. The quantitative estimate of drug-likeness (QED) is 0.699. The van der Waals surface area contributed by atoms with Gasteiger partial charge in [-0.25, -0.2) is 13.2 Å². The lowest BCUT2D eigenvalue weighted by molar-refractivity contribution is -0.139. The number of hydrogen-bond acceptors (Lipinski definition) is 6. The van der Waals surface area contributed by atoms with Crippen molar-refractivity contribution in [1.29, 1.82) is 0 Å². The van der Waals surface area contributed by atoms with E-state index in [9.17, 15) is 13.2 Å². The Morgan fingerprint density at radius 3 is 2.27 bits per heavy atom. The summed E-state index contributed by atoms with van der Waals surface area (Å²) in [7, 11) is -1.30. The molecule has 2 aromatic carbocycles. The fourth-order valence-corrected chi connectivity index (χ4v) is 3.47. The molecule has 2 aromatic rings. The number of ether oxygens (including phenoxy) is 3. The highest BCUT2D eigenvalue weighted by molar-refractivity contribution is 7.92. The molecule has 0 aliphatic rings. The first-order valence-electron chi connectivity index (χ1n) is 7.16. The highest BCUT2D eigenvalue weighted by Crippen LogP contribution is 2.35. The van der Waals surface area contributed by atoms with Crippen LogP contribution in [0.15, 0.2) is 41.3 Å². The summed E-state index contributed by atoms with van der Waals surface area (Å²) in [5.74, 6) is -0.574. The zero-order chi connectivity index (χ0) is 19.3. The Kier molecular flexibility index (Phi) is 6.17. The monoisotopic (exact) mass is 401 g/mol. The second-order valence-corrected chi connectivity index (χ2v) is 7.01. The van der Waals surface area contributed by atoms with E-state index in [1.165, 1.54) is 50.6 Å².